The molecule has 124 valence electrons. The summed E-state index contributed by atoms with van der Waals surface area (Å²) in [4.78, 5) is 14.3. The van der Waals surface area contributed by atoms with Crippen molar-refractivity contribution in [3.63, 3.8) is 0 Å². The Hall–Kier alpha value is -2.48. The summed E-state index contributed by atoms with van der Waals surface area (Å²) in [5, 5.41) is 0.960. The number of nitrogens with one attached hydrogen (secondary N) is 1. The molecule has 8 heteroatoms. The van der Waals surface area contributed by atoms with Crippen LogP contribution in [0.25, 0.3) is 10.8 Å². The number of H-pyrrole nitrogens is 1. The van der Waals surface area contributed by atoms with E-state index in [-0.39, 0.29) is 22.0 Å². The Morgan fingerprint density at radius 1 is 1.00 bits per heavy atom. The molecule has 24 heavy (non-hydrogen) atoms. The molecule has 0 aliphatic carbocycles. The molecule has 0 fully saturated rings. The standard InChI is InChI=1S/C16H10F4N2OS/c17-8-2-3-9-10(5-8)16(22-15(23)14(9)21)24-6-7-1-4-11(18)13(20)12(7)19/h1-5H,6,21H2,(H,22,23). The third kappa shape index (κ3) is 2.84. The number of fused-ring (bicyclic) bond motifs is 1. The van der Waals surface area contributed by atoms with Crippen molar-refractivity contribution in [2.45, 2.75) is 10.8 Å². The van der Waals surface area contributed by atoms with Gasteiger partial charge in [-0.05, 0) is 24.3 Å². The first kappa shape index (κ1) is 16.4. The molecule has 3 aromatic rings. The molecule has 3 rings (SSSR count). The van der Waals surface area contributed by atoms with Crippen molar-refractivity contribution in [1.29, 1.82) is 0 Å². The summed E-state index contributed by atoms with van der Waals surface area (Å²) in [6, 6.07) is 5.65. The number of hydrogen-bond acceptors (Lipinski definition) is 3. The zero-order chi connectivity index (χ0) is 17.4. The maximum absolute atomic E-state index is 13.7. The number of rotatable bonds is 3. The largest absolute Gasteiger partial charge is 0.394 e. The normalized spacial score (nSPS) is 11.2. The lowest BCUT2D eigenvalue weighted by molar-refractivity contribution is 0.443. The minimum absolute atomic E-state index is 0.0617. The summed E-state index contributed by atoms with van der Waals surface area (Å²) in [6.07, 6.45) is 0. The minimum atomic E-state index is -1.56. The number of nitrogens with two attached hydrogens (primary N) is 1. The molecule has 1 heterocycles. The lowest BCUT2D eigenvalue weighted by atomic mass is 10.1. The van der Waals surface area contributed by atoms with Gasteiger partial charge in [0.1, 0.15) is 11.5 Å². The van der Waals surface area contributed by atoms with Crippen LogP contribution in [-0.2, 0) is 5.75 Å². The first-order valence-corrected chi connectivity index (χ1v) is 7.73. The summed E-state index contributed by atoms with van der Waals surface area (Å²) < 4.78 is 53.4. The summed E-state index contributed by atoms with van der Waals surface area (Å²) in [6.45, 7) is 0. The number of thioether (sulfide) groups is 1. The van der Waals surface area contributed by atoms with Gasteiger partial charge in [-0.2, -0.15) is 0 Å². The highest BCUT2D eigenvalue weighted by molar-refractivity contribution is 7.98. The van der Waals surface area contributed by atoms with E-state index in [1.807, 2.05) is 0 Å². The molecule has 0 spiro atoms. The Morgan fingerprint density at radius 2 is 1.75 bits per heavy atom. The molecule has 0 radical (unpaired) electrons. The quantitative estimate of drug-likeness (QED) is 0.425. The zero-order valence-electron chi connectivity index (χ0n) is 12.0. The van der Waals surface area contributed by atoms with Crippen LogP contribution in [0.1, 0.15) is 5.56 Å². The van der Waals surface area contributed by atoms with Crippen LogP contribution in [0.15, 0.2) is 40.2 Å². The van der Waals surface area contributed by atoms with Crippen LogP contribution in [0.5, 0.6) is 0 Å². The number of nitrogen functional groups attached to an aromatic ring is 1. The van der Waals surface area contributed by atoms with Crippen LogP contribution in [0.4, 0.5) is 23.2 Å². The van der Waals surface area contributed by atoms with Crippen LogP contribution < -0.4 is 11.3 Å². The second-order valence-electron chi connectivity index (χ2n) is 5.01. The van der Waals surface area contributed by atoms with Crippen molar-refractivity contribution in [2.75, 3.05) is 5.73 Å². The molecular formula is C16H10F4N2OS. The van der Waals surface area contributed by atoms with Crippen LogP contribution in [0.3, 0.4) is 0 Å². The van der Waals surface area contributed by atoms with E-state index >= 15 is 0 Å². The lowest BCUT2D eigenvalue weighted by Gasteiger charge is -2.09. The molecule has 3 N–H and O–H groups in total. The van der Waals surface area contributed by atoms with E-state index in [0.29, 0.717) is 10.8 Å². The average molecular weight is 354 g/mol. The van der Waals surface area contributed by atoms with E-state index < -0.39 is 28.8 Å². The molecule has 1 aromatic heterocycles. The number of aromatic amines is 1. The summed E-state index contributed by atoms with van der Waals surface area (Å²) in [7, 11) is 0. The van der Waals surface area contributed by atoms with Crippen molar-refractivity contribution in [2.24, 2.45) is 0 Å². The molecule has 0 amide bonds. The Balaban J connectivity index is 2.02. The van der Waals surface area contributed by atoms with E-state index in [2.05, 4.69) is 4.98 Å². The Bertz CT molecular complexity index is 1000. The lowest BCUT2D eigenvalue weighted by Crippen LogP contribution is -2.13. The fourth-order valence-electron chi connectivity index (χ4n) is 2.24. The predicted octanol–water partition coefficient (Wildman–Crippen LogP) is 3.96. The number of aromatic nitrogens is 1. The van der Waals surface area contributed by atoms with E-state index in [1.165, 1.54) is 18.2 Å². The maximum Gasteiger partial charge on any atom is 0.272 e. The van der Waals surface area contributed by atoms with E-state index in [0.717, 1.165) is 23.9 Å². The van der Waals surface area contributed by atoms with Crippen molar-refractivity contribution in [3.05, 3.63) is 69.5 Å². The molecule has 0 unspecified atom stereocenters. The van der Waals surface area contributed by atoms with Gasteiger partial charge in [0.15, 0.2) is 17.5 Å². The van der Waals surface area contributed by atoms with E-state index in [9.17, 15) is 22.4 Å². The van der Waals surface area contributed by atoms with Crippen LogP contribution in [0, 0.1) is 23.3 Å². The first-order valence-electron chi connectivity index (χ1n) is 6.74. The van der Waals surface area contributed by atoms with Gasteiger partial charge in [-0.25, -0.2) is 17.6 Å². The SMILES string of the molecule is Nc1c(=O)[nH]c(SCc2ccc(F)c(F)c2F)c2cc(F)ccc12. The summed E-state index contributed by atoms with van der Waals surface area (Å²) >= 11 is 0.956. The number of hydrogen-bond donors (Lipinski definition) is 2. The second kappa shape index (κ2) is 6.20. The number of halogens is 4. The van der Waals surface area contributed by atoms with Crippen LogP contribution >= 0.6 is 11.8 Å². The number of benzene rings is 2. The van der Waals surface area contributed by atoms with Gasteiger partial charge in [-0.1, -0.05) is 6.07 Å². The molecule has 0 aliphatic heterocycles. The van der Waals surface area contributed by atoms with Gasteiger partial charge in [0.25, 0.3) is 5.56 Å². The van der Waals surface area contributed by atoms with Crippen molar-refractivity contribution >= 4 is 28.2 Å². The van der Waals surface area contributed by atoms with E-state index in [4.69, 9.17) is 5.73 Å². The zero-order valence-corrected chi connectivity index (χ0v) is 12.8. The Morgan fingerprint density at radius 3 is 2.50 bits per heavy atom. The van der Waals surface area contributed by atoms with Gasteiger partial charge in [-0.3, -0.25) is 4.79 Å². The topological polar surface area (TPSA) is 58.9 Å². The highest BCUT2D eigenvalue weighted by atomic mass is 32.2. The van der Waals surface area contributed by atoms with E-state index in [1.54, 1.807) is 0 Å². The van der Waals surface area contributed by atoms with Gasteiger partial charge in [0.2, 0.25) is 0 Å². The Kier molecular flexibility index (Phi) is 4.23. The van der Waals surface area contributed by atoms with Gasteiger partial charge >= 0.3 is 0 Å². The highest BCUT2D eigenvalue weighted by Gasteiger charge is 2.15. The summed E-state index contributed by atoms with van der Waals surface area (Å²) in [5.41, 5.74) is 4.97. The van der Waals surface area contributed by atoms with Gasteiger partial charge in [-0.15, -0.1) is 11.8 Å². The average Bonchev–Trinajstić information content (AvgIpc) is 2.56. The third-order valence-electron chi connectivity index (χ3n) is 3.48. The van der Waals surface area contributed by atoms with Gasteiger partial charge < -0.3 is 10.7 Å². The Labute approximate surface area is 137 Å². The fourth-order valence-corrected chi connectivity index (χ4v) is 3.25. The van der Waals surface area contributed by atoms with Crippen molar-refractivity contribution < 1.29 is 17.6 Å². The molecule has 0 bridgehead atoms. The molecular weight excluding hydrogens is 344 g/mol. The maximum atomic E-state index is 13.7. The molecule has 0 saturated heterocycles. The third-order valence-corrected chi connectivity index (χ3v) is 4.54. The molecule has 0 atom stereocenters. The molecule has 0 saturated carbocycles. The molecule has 3 nitrogen and oxygen atoms in total. The van der Waals surface area contributed by atoms with Crippen molar-refractivity contribution in [3.8, 4) is 0 Å². The van der Waals surface area contributed by atoms with Crippen molar-refractivity contribution in [1.82, 2.24) is 4.98 Å². The summed E-state index contributed by atoms with van der Waals surface area (Å²) in [5.74, 6) is -4.76. The number of anilines is 1. The monoisotopic (exact) mass is 354 g/mol. The molecule has 2 aromatic carbocycles. The number of pyridine rings is 1. The first-order chi connectivity index (χ1) is 11.4. The van der Waals surface area contributed by atoms with Crippen LogP contribution in [0.2, 0.25) is 0 Å². The highest BCUT2D eigenvalue weighted by Crippen LogP contribution is 2.31. The minimum Gasteiger partial charge on any atom is -0.394 e. The fraction of sp³-hybridized carbons (Fsp3) is 0.0625. The molecule has 0 aliphatic rings. The van der Waals surface area contributed by atoms with Crippen LogP contribution in [-0.4, -0.2) is 4.98 Å². The van der Waals surface area contributed by atoms with Gasteiger partial charge in [0, 0.05) is 22.1 Å². The predicted molar refractivity (Wildman–Crippen MR) is 84.8 cm³/mol. The second-order valence-corrected chi connectivity index (χ2v) is 6.00. The van der Waals surface area contributed by atoms with Gasteiger partial charge in [0.05, 0.1) is 5.03 Å². The smallest absolute Gasteiger partial charge is 0.272 e.